The fourth-order valence-electron chi connectivity index (χ4n) is 2.56. The second-order valence-electron chi connectivity index (χ2n) is 5.82. The maximum absolute atomic E-state index is 12.2. The summed E-state index contributed by atoms with van der Waals surface area (Å²) in [6, 6.07) is 17.5. The molecule has 6 nitrogen and oxygen atoms in total. The Hall–Kier alpha value is -3.12. The van der Waals surface area contributed by atoms with Gasteiger partial charge in [-0.1, -0.05) is 35.9 Å². The summed E-state index contributed by atoms with van der Waals surface area (Å²) in [5, 5.41) is 7.71. The predicted molar refractivity (Wildman–Crippen MR) is 104 cm³/mol. The number of nitrogens with zero attached hydrogens (tertiary/aromatic N) is 2. The number of hydrogen-bond donors (Lipinski definition) is 1. The number of rotatable bonds is 6. The monoisotopic (exact) mass is 383 g/mol. The van der Waals surface area contributed by atoms with Crippen LogP contribution in [-0.4, -0.2) is 22.8 Å². The van der Waals surface area contributed by atoms with Gasteiger partial charge in [-0.3, -0.25) is 9.59 Å². The van der Waals surface area contributed by atoms with Crippen molar-refractivity contribution < 1.29 is 9.53 Å². The third-order valence-electron chi connectivity index (χ3n) is 3.95. The highest BCUT2D eigenvalue weighted by Gasteiger charge is 2.11. The average Bonchev–Trinajstić information content (AvgIpc) is 2.69. The van der Waals surface area contributed by atoms with Crippen molar-refractivity contribution >= 4 is 17.5 Å². The molecule has 0 aliphatic rings. The molecule has 27 heavy (non-hydrogen) atoms. The first-order valence-corrected chi connectivity index (χ1v) is 8.67. The highest BCUT2D eigenvalue weighted by Crippen LogP contribution is 2.27. The van der Waals surface area contributed by atoms with Gasteiger partial charge in [-0.15, -0.1) is 0 Å². The second kappa shape index (κ2) is 8.51. The van der Waals surface area contributed by atoms with E-state index in [0.29, 0.717) is 23.0 Å². The van der Waals surface area contributed by atoms with Gasteiger partial charge in [-0.25, -0.2) is 4.68 Å². The van der Waals surface area contributed by atoms with Gasteiger partial charge in [0.2, 0.25) is 5.91 Å². The lowest BCUT2D eigenvalue weighted by Crippen LogP contribution is -2.33. The quantitative estimate of drug-likeness (QED) is 0.710. The van der Waals surface area contributed by atoms with Crippen LogP contribution in [0.3, 0.4) is 0 Å². The number of benzene rings is 2. The predicted octanol–water partition coefficient (Wildman–Crippen LogP) is 2.89. The van der Waals surface area contributed by atoms with Gasteiger partial charge in [0.1, 0.15) is 12.3 Å². The Morgan fingerprint density at radius 1 is 1.11 bits per heavy atom. The standard InChI is InChI=1S/C20H18ClN3O3/c1-27-18-5-3-2-4-16(18)17-10-11-20(26)24(23-17)13-19(25)22-12-14-6-8-15(21)9-7-14/h2-11H,12-13H2,1H3,(H,22,25). The van der Waals surface area contributed by atoms with Gasteiger partial charge in [0, 0.05) is 23.2 Å². The molecule has 0 aliphatic heterocycles. The van der Waals surface area contributed by atoms with Crippen LogP contribution in [-0.2, 0) is 17.9 Å². The number of halogens is 1. The number of hydrogen-bond acceptors (Lipinski definition) is 4. The Morgan fingerprint density at radius 3 is 2.59 bits per heavy atom. The van der Waals surface area contributed by atoms with Crippen LogP contribution in [0.4, 0.5) is 0 Å². The van der Waals surface area contributed by atoms with Crippen LogP contribution in [0.15, 0.2) is 65.5 Å². The van der Waals surface area contributed by atoms with Gasteiger partial charge < -0.3 is 10.1 Å². The summed E-state index contributed by atoms with van der Waals surface area (Å²) in [6.45, 7) is 0.173. The van der Waals surface area contributed by atoms with Gasteiger partial charge in [0.05, 0.1) is 12.8 Å². The van der Waals surface area contributed by atoms with Gasteiger partial charge in [0.25, 0.3) is 5.56 Å². The van der Waals surface area contributed by atoms with Crippen LogP contribution in [0.1, 0.15) is 5.56 Å². The highest BCUT2D eigenvalue weighted by atomic mass is 35.5. The number of carbonyl (C=O) groups is 1. The van der Waals surface area contributed by atoms with Crippen molar-refractivity contribution in [3.8, 4) is 17.0 Å². The minimum absolute atomic E-state index is 0.171. The van der Waals surface area contributed by atoms with Crippen LogP contribution >= 0.6 is 11.6 Å². The third kappa shape index (κ3) is 4.74. The summed E-state index contributed by atoms with van der Waals surface area (Å²) in [7, 11) is 1.57. The van der Waals surface area contributed by atoms with E-state index < -0.39 is 0 Å². The molecule has 3 rings (SSSR count). The van der Waals surface area contributed by atoms with E-state index >= 15 is 0 Å². The summed E-state index contributed by atoms with van der Waals surface area (Å²) in [6.07, 6.45) is 0. The first-order valence-electron chi connectivity index (χ1n) is 8.29. The number of methoxy groups -OCH3 is 1. The lowest BCUT2D eigenvalue weighted by Gasteiger charge is -2.10. The number of ether oxygens (including phenoxy) is 1. The Morgan fingerprint density at radius 2 is 1.85 bits per heavy atom. The molecule has 0 bridgehead atoms. The molecule has 0 fully saturated rings. The lowest BCUT2D eigenvalue weighted by atomic mass is 10.1. The summed E-state index contributed by atoms with van der Waals surface area (Å²) < 4.78 is 6.47. The summed E-state index contributed by atoms with van der Waals surface area (Å²) in [5.41, 5.74) is 1.86. The van der Waals surface area contributed by atoms with Crippen LogP contribution in [0.2, 0.25) is 5.02 Å². The van der Waals surface area contributed by atoms with E-state index in [0.717, 1.165) is 15.8 Å². The first-order chi connectivity index (χ1) is 13.1. The molecule has 1 amide bonds. The van der Waals surface area contributed by atoms with E-state index in [2.05, 4.69) is 10.4 Å². The second-order valence-corrected chi connectivity index (χ2v) is 6.25. The Bertz CT molecular complexity index is 1000. The maximum atomic E-state index is 12.2. The minimum atomic E-state index is -0.352. The van der Waals surface area contributed by atoms with Gasteiger partial charge in [-0.2, -0.15) is 5.10 Å². The van der Waals surface area contributed by atoms with Crippen molar-refractivity contribution in [3.63, 3.8) is 0 Å². The topological polar surface area (TPSA) is 73.2 Å². The van der Waals surface area contributed by atoms with Crippen molar-refractivity contribution in [1.82, 2.24) is 15.1 Å². The van der Waals surface area contributed by atoms with Gasteiger partial charge in [-0.05, 0) is 35.9 Å². The number of aromatic nitrogens is 2. The van der Waals surface area contributed by atoms with Crippen molar-refractivity contribution in [3.05, 3.63) is 81.6 Å². The Balaban J connectivity index is 1.73. The normalized spacial score (nSPS) is 10.4. The SMILES string of the molecule is COc1ccccc1-c1ccc(=O)n(CC(=O)NCc2ccc(Cl)cc2)n1. The molecule has 7 heteroatoms. The zero-order valence-electron chi connectivity index (χ0n) is 14.7. The zero-order chi connectivity index (χ0) is 19.2. The number of nitrogens with one attached hydrogen (secondary N) is 1. The Labute approximate surface area is 161 Å². The Kier molecular flexibility index (Phi) is 5.88. The molecule has 1 heterocycles. The molecule has 0 saturated carbocycles. The summed E-state index contributed by atoms with van der Waals surface area (Å²) in [5.74, 6) is 0.333. The van der Waals surface area contributed by atoms with E-state index in [-0.39, 0.29) is 18.0 Å². The molecule has 138 valence electrons. The molecule has 1 N–H and O–H groups in total. The molecule has 0 atom stereocenters. The third-order valence-corrected chi connectivity index (χ3v) is 4.20. The lowest BCUT2D eigenvalue weighted by molar-refractivity contribution is -0.122. The molecule has 0 aliphatic carbocycles. The van der Waals surface area contributed by atoms with E-state index in [1.165, 1.54) is 6.07 Å². The molecule has 1 aromatic heterocycles. The number of para-hydroxylation sites is 1. The van der Waals surface area contributed by atoms with Crippen LogP contribution < -0.4 is 15.6 Å². The number of amides is 1. The molecular weight excluding hydrogens is 366 g/mol. The van der Waals surface area contributed by atoms with Crippen molar-refractivity contribution in [2.75, 3.05) is 7.11 Å². The fraction of sp³-hybridized carbons (Fsp3) is 0.150. The van der Waals surface area contributed by atoms with Crippen molar-refractivity contribution in [2.24, 2.45) is 0 Å². The summed E-state index contributed by atoms with van der Waals surface area (Å²) >= 11 is 5.84. The maximum Gasteiger partial charge on any atom is 0.267 e. The smallest absolute Gasteiger partial charge is 0.267 e. The molecule has 2 aromatic carbocycles. The molecule has 0 unspecified atom stereocenters. The molecular formula is C20H18ClN3O3. The van der Waals surface area contributed by atoms with E-state index in [4.69, 9.17) is 16.3 Å². The first kappa shape index (κ1) is 18.7. The zero-order valence-corrected chi connectivity index (χ0v) is 15.4. The average molecular weight is 384 g/mol. The minimum Gasteiger partial charge on any atom is -0.496 e. The van der Waals surface area contributed by atoms with Gasteiger partial charge >= 0.3 is 0 Å². The number of carbonyl (C=O) groups excluding carboxylic acids is 1. The van der Waals surface area contributed by atoms with E-state index in [9.17, 15) is 9.59 Å². The molecule has 0 radical (unpaired) electrons. The fourth-order valence-corrected chi connectivity index (χ4v) is 2.68. The molecule has 3 aromatic rings. The highest BCUT2D eigenvalue weighted by molar-refractivity contribution is 6.30. The van der Waals surface area contributed by atoms with E-state index in [1.807, 2.05) is 36.4 Å². The van der Waals surface area contributed by atoms with Crippen LogP contribution in [0.5, 0.6) is 5.75 Å². The summed E-state index contributed by atoms with van der Waals surface area (Å²) in [4.78, 5) is 24.3. The molecule has 0 saturated heterocycles. The largest absolute Gasteiger partial charge is 0.496 e. The van der Waals surface area contributed by atoms with E-state index in [1.54, 1.807) is 25.3 Å². The van der Waals surface area contributed by atoms with Crippen molar-refractivity contribution in [1.29, 1.82) is 0 Å². The van der Waals surface area contributed by atoms with Crippen LogP contribution in [0, 0.1) is 0 Å². The molecule has 0 spiro atoms. The van der Waals surface area contributed by atoms with Crippen LogP contribution in [0.25, 0.3) is 11.3 Å². The van der Waals surface area contributed by atoms with Crippen molar-refractivity contribution in [2.45, 2.75) is 13.1 Å². The van der Waals surface area contributed by atoms with Gasteiger partial charge in [0.15, 0.2) is 0 Å².